The van der Waals surface area contributed by atoms with Crippen molar-refractivity contribution in [3.63, 3.8) is 0 Å². The Balaban J connectivity index is 1.51. The number of ketones is 1. The van der Waals surface area contributed by atoms with Gasteiger partial charge in [0.05, 0.1) is 6.10 Å². The van der Waals surface area contributed by atoms with Crippen LogP contribution in [0.4, 0.5) is 0 Å². The van der Waals surface area contributed by atoms with Crippen LogP contribution in [-0.2, 0) is 11.5 Å². The van der Waals surface area contributed by atoms with E-state index in [-0.39, 0.29) is 5.41 Å². The number of hydrogen-bond donors (Lipinski definition) is 0. The van der Waals surface area contributed by atoms with Gasteiger partial charge in [-0.3, -0.25) is 8.98 Å². The number of carbonyl (C=O) groups is 1. The van der Waals surface area contributed by atoms with Crippen molar-refractivity contribution in [2.45, 2.75) is 77.7 Å². The van der Waals surface area contributed by atoms with Gasteiger partial charge in [-0.1, -0.05) is 13.8 Å². The first kappa shape index (κ1) is 18.1. The van der Waals surface area contributed by atoms with Crippen LogP contribution in [0.2, 0.25) is 0 Å². The van der Waals surface area contributed by atoms with E-state index in [4.69, 9.17) is 6.70 Å². The van der Waals surface area contributed by atoms with Crippen LogP contribution in [0.3, 0.4) is 0 Å². The summed E-state index contributed by atoms with van der Waals surface area (Å²) in [5.41, 5.74) is 0.477. The molecule has 4 saturated carbocycles. The van der Waals surface area contributed by atoms with Crippen molar-refractivity contribution in [3.05, 3.63) is 0 Å². The maximum Gasteiger partial charge on any atom is 0.169 e. The van der Waals surface area contributed by atoms with Gasteiger partial charge in [-0.25, -0.2) is 2.51 Å². The smallest absolute Gasteiger partial charge is 0.169 e. The van der Waals surface area contributed by atoms with Crippen LogP contribution in [0.15, 0.2) is 0 Å². The molecule has 0 heterocycles. The maximum atomic E-state index is 12.5. The lowest BCUT2D eigenvalue weighted by Gasteiger charge is -2.60. The van der Waals surface area contributed by atoms with Crippen molar-refractivity contribution < 1.29 is 11.5 Å². The molecule has 136 valence electrons. The predicted molar refractivity (Wildman–Crippen MR) is 104 cm³/mol. The molecule has 3 nitrogen and oxygen atoms in total. The van der Waals surface area contributed by atoms with E-state index < -0.39 is 0 Å². The zero-order chi connectivity index (χ0) is 16.9. The zero-order valence-corrected chi connectivity index (χ0v) is 17.7. The Morgan fingerprint density at radius 1 is 1.08 bits per heavy atom. The first-order valence-corrected chi connectivity index (χ1v) is 11.2. The third-order valence-corrected chi connectivity index (χ3v) is 9.37. The maximum absolute atomic E-state index is 12.5. The van der Waals surface area contributed by atoms with E-state index in [0.29, 0.717) is 23.2 Å². The summed E-state index contributed by atoms with van der Waals surface area (Å²) in [5.74, 6) is 3.63. The number of hydrogen-bond acceptors (Lipinski definition) is 4. The minimum Gasteiger partial charge on any atom is -0.299 e. The number of rotatable bonds is 3. The standard InChI is InChI=1S/C19H29IO3S/c1-18-9-7-13(22-24-23-20)11-12(18)3-4-14-15-5-6-17(21)19(15,2)10-8-16(14)18/h12-16H,3-11H2,1-2H3. The highest BCUT2D eigenvalue weighted by Gasteiger charge is 2.60. The second kappa shape index (κ2) is 6.68. The fourth-order valence-electron chi connectivity index (χ4n) is 7.15. The lowest BCUT2D eigenvalue weighted by Crippen LogP contribution is -2.54. The molecule has 0 aliphatic heterocycles. The molecular weight excluding hydrogens is 435 g/mol. The molecule has 0 bridgehead atoms. The molecule has 4 aliphatic carbocycles. The van der Waals surface area contributed by atoms with E-state index in [1.54, 1.807) is 0 Å². The number of carbonyl (C=O) groups excluding carboxylic acids is 1. The van der Waals surface area contributed by atoms with E-state index >= 15 is 0 Å². The van der Waals surface area contributed by atoms with Crippen molar-refractivity contribution in [2.24, 2.45) is 34.5 Å². The number of halogens is 1. The van der Waals surface area contributed by atoms with Crippen LogP contribution < -0.4 is 0 Å². The van der Waals surface area contributed by atoms with Gasteiger partial charge < -0.3 is 0 Å². The van der Waals surface area contributed by atoms with Gasteiger partial charge in [-0.2, -0.15) is 0 Å². The summed E-state index contributed by atoms with van der Waals surface area (Å²) in [4.78, 5) is 12.5. The Labute approximate surface area is 164 Å². The zero-order valence-electron chi connectivity index (χ0n) is 14.8. The lowest BCUT2D eigenvalue weighted by molar-refractivity contribution is -0.141. The molecule has 0 amide bonds. The minimum atomic E-state index is 0.0128. The Morgan fingerprint density at radius 3 is 2.71 bits per heavy atom. The normalized spacial score (nSPS) is 51.0. The van der Waals surface area contributed by atoms with E-state index in [9.17, 15) is 4.79 Å². The van der Waals surface area contributed by atoms with Crippen molar-refractivity contribution in [1.29, 1.82) is 0 Å². The molecule has 0 N–H and O–H groups in total. The highest BCUT2D eigenvalue weighted by Crippen LogP contribution is 2.65. The van der Waals surface area contributed by atoms with E-state index in [0.717, 1.165) is 55.8 Å². The minimum absolute atomic E-state index is 0.0128. The van der Waals surface area contributed by atoms with Crippen LogP contribution >= 0.6 is 35.3 Å². The average Bonchev–Trinajstić information content (AvgIpc) is 2.88. The van der Waals surface area contributed by atoms with Gasteiger partial charge in [0.15, 0.2) is 12.3 Å². The van der Waals surface area contributed by atoms with E-state index in [1.807, 2.05) is 23.0 Å². The quantitative estimate of drug-likeness (QED) is 0.384. The Kier molecular flexibility index (Phi) is 5.03. The molecule has 4 fully saturated rings. The molecule has 24 heavy (non-hydrogen) atoms. The summed E-state index contributed by atoms with van der Waals surface area (Å²) >= 11 is 3.01. The Bertz CT molecular complexity index is 515. The number of Topliss-reactive ketones (excluding diaryl/α,β-unsaturated/α-hetero) is 1. The molecule has 0 aromatic carbocycles. The molecule has 0 aromatic rings. The van der Waals surface area contributed by atoms with Gasteiger partial charge in [0, 0.05) is 11.8 Å². The summed E-state index contributed by atoms with van der Waals surface area (Å²) in [6.45, 7) is 4.84. The van der Waals surface area contributed by atoms with Gasteiger partial charge in [0.1, 0.15) is 28.8 Å². The fraction of sp³-hybridized carbons (Fsp3) is 0.947. The molecule has 0 saturated heterocycles. The Hall–Kier alpha value is 0.670. The molecule has 0 radical (unpaired) electrons. The van der Waals surface area contributed by atoms with Crippen LogP contribution in [-0.4, -0.2) is 11.9 Å². The predicted octanol–water partition coefficient (Wildman–Crippen LogP) is 5.91. The van der Waals surface area contributed by atoms with Crippen molar-refractivity contribution in [2.75, 3.05) is 0 Å². The third-order valence-electron chi connectivity index (χ3n) is 8.53. The van der Waals surface area contributed by atoms with Gasteiger partial charge >= 0.3 is 0 Å². The topological polar surface area (TPSA) is 35.5 Å². The van der Waals surface area contributed by atoms with Crippen molar-refractivity contribution >= 4 is 41.1 Å². The first-order chi connectivity index (χ1) is 11.5. The van der Waals surface area contributed by atoms with Crippen LogP contribution in [0.1, 0.15) is 71.6 Å². The van der Waals surface area contributed by atoms with E-state index in [1.165, 1.54) is 32.1 Å². The lowest BCUT2D eigenvalue weighted by atomic mass is 9.45. The molecule has 4 rings (SSSR count). The third kappa shape index (κ3) is 2.71. The van der Waals surface area contributed by atoms with Crippen LogP contribution in [0, 0.1) is 34.5 Å². The largest absolute Gasteiger partial charge is 0.299 e. The molecule has 7 unspecified atom stereocenters. The fourth-order valence-corrected chi connectivity index (χ4v) is 7.72. The number of fused-ring (bicyclic) bond motifs is 5. The summed E-state index contributed by atoms with van der Waals surface area (Å²) in [5, 5.41) is 0. The molecule has 7 atom stereocenters. The second-order valence-corrected chi connectivity index (χ2v) is 10.7. The summed E-state index contributed by atoms with van der Waals surface area (Å²) in [6.07, 6.45) is 11.0. The highest BCUT2D eigenvalue weighted by atomic mass is 127. The molecule has 4 aliphatic rings. The molecule has 5 heteroatoms. The van der Waals surface area contributed by atoms with Gasteiger partial charge in [-0.15, -0.1) is 0 Å². The summed E-state index contributed by atoms with van der Waals surface area (Å²) in [7, 11) is 0. The first-order valence-electron chi connectivity index (χ1n) is 9.63. The van der Waals surface area contributed by atoms with Crippen LogP contribution in [0.5, 0.6) is 0 Å². The Morgan fingerprint density at radius 2 is 1.92 bits per heavy atom. The van der Waals surface area contributed by atoms with Gasteiger partial charge in [0.2, 0.25) is 0 Å². The van der Waals surface area contributed by atoms with Gasteiger partial charge in [0.25, 0.3) is 0 Å². The van der Waals surface area contributed by atoms with Crippen molar-refractivity contribution in [1.82, 2.24) is 0 Å². The summed E-state index contributed by atoms with van der Waals surface area (Å²) in [6, 6.07) is 0. The second-order valence-electron chi connectivity index (χ2n) is 9.20. The van der Waals surface area contributed by atoms with Gasteiger partial charge in [-0.05, 0) is 80.5 Å². The molecule has 0 aromatic heterocycles. The summed E-state index contributed by atoms with van der Waals surface area (Å²) < 4.78 is 10.8. The molecule has 0 spiro atoms. The monoisotopic (exact) mass is 464 g/mol. The highest BCUT2D eigenvalue weighted by molar-refractivity contribution is 14.1. The molecular formula is C19H29IO3S. The average molecular weight is 464 g/mol. The van der Waals surface area contributed by atoms with Crippen molar-refractivity contribution in [3.8, 4) is 0 Å². The van der Waals surface area contributed by atoms with E-state index in [2.05, 4.69) is 13.8 Å². The SMILES string of the molecule is CC12CCC3C(CCC4CC(OSOI)CCC43C)C1CCC2=O. The van der Waals surface area contributed by atoms with Crippen LogP contribution in [0.25, 0.3) is 0 Å².